The highest BCUT2D eigenvalue weighted by Crippen LogP contribution is 2.26. The molecule has 7 heteroatoms. The van der Waals surface area contributed by atoms with Crippen molar-refractivity contribution in [1.29, 1.82) is 0 Å². The molecule has 1 N–H and O–H groups in total. The third-order valence-electron chi connectivity index (χ3n) is 5.22. The fourth-order valence-electron chi connectivity index (χ4n) is 3.43. The van der Waals surface area contributed by atoms with Crippen molar-refractivity contribution < 1.29 is 14.3 Å². The van der Waals surface area contributed by atoms with Gasteiger partial charge in [-0.15, -0.1) is 0 Å². The van der Waals surface area contributed by atoms with Crippen LogP contribution in [0, 0.1) is 6.92 Å². The van der Waals surface area contributed by atoms with Crippen LogP contribution in [-0.4, -0.2) is 40.3 Å². The quantitative estimate of drug-likeness (QED) is 0.407. The first-order chi connectivity index (χ1) is 14.9. The van der Waals surface area contributed by atoms with Crippen LogP contribution in [0.25, 0.3) is 22.3 Å². The van der Waals surface area contributed by atoms with Crippen LogP contribution in [0.3, 0.4) is 0 Å². The minimum absolute atomic E-state index is 0.129. The predicted octanol–water partition coefficient (Wildman–Crippen LogP) is 4.45. The molecule has 0 aliphatic carbocycles. The molecule has 0 bridgehead atoms. The van der Waals surface area contributed by atoms with Gasteiger partial charge in [0.25, 0.3) is 5.91 Å². The number of carbonyl (C=O) groups is 2. The number of aromatic nitrogens is 3. The first-order valence-corrected chi connectivity index (χ1v) is 10.7. The van der Waals surface area contributed by atoms with Crippen LogP contribution in [0.2, 0.25) is 0 Å². The fourth-order valence-corrected chi connectivity index (χ4v) is 3.43. The molecule has 2 heterocycles. The Bertz CT molecular complexity index is 1050. The standard InChI is InChI=1S/C24H30N4O3/c1-16(2)28-23-20(15-26-28)19(14-21(27-23)18-11-9-17(3)10-12-18)24(30)25-13-7-5-6-8-22(29)31-4/h9-12,14-16H,5-8,13H2,1-4H3,(H,25,30). The summed E-state index contributed by atoms with van der Waals surface area (Å²) in [6.45, 7) is 6.67. The van der Waals surface area contributed by atoms with E-state index in [0.29, 0.717) is 24.2 Å². The van der Waals surface area contributed by atoms with E-state index < -0.39 is 0 Å². The van der Waals surface area contributed by atoms with Gasteiger partial charge in [0.1, 0.15) is 0 Å². The Kier molecular flexibility index (Phi) is 7.39. The number of nitrogens with zero attached hydrogens (tertiary/aromatic N) is 3. The van der Waals surface area contributed by atoms with Crippen molar-refractivity contribution in [2.24, 2.45) is 0 Å². The Labute approximate surface area is 182 Å². The van der Waals surface area contributed by atoms with Gasteiger partial charge in [-0.1, -0.05) is 36.2 Å². The second-order valence-corrected chi connectivity index (χ2v) is 7.98. The number of aryl methyl sites for hydroxylation is 1. The Balaban J connectivity index is 1.80. The number of benzene rings is 1. The molecule has 164 valence electrons. The largest absolute Gasteiger partial charge is 0.469 e. The number of nitrogens with one attached hydrogen (secondary N) is 1. The Morgan fingerprint density at radius 1 is 1.13 bits per heavy atom. The molecule has 1 aromatic carbocycles. The number of fused-ring (bicyclic) bond motifs is 1. The summed E-state index contributed by atoms with van der Waals surface area (Å²) in [6, 6.07) is 10.1. The molecule has 0 saturated heterocycles. The van der Waals surface area contributed by atoms with Crippen molar-refractivity contribution in [1.82, 2.24) is 20.1 Å². The molecule has 3 aromatic rings. The van der Waals surface area contributed by atoms with E-state index in [1.807, 2.05) is 55.8 Å². The number of pyridine rings is 1. The molecule has 3 rings (SSSR count). The highest BCUT2D eigenvalue weighted by molar-refractivity contribution is 6.06. The van der Waals surface area contributed by atoms with E-state index in [2.05, 4.69) is 15.2 Å². The maximum absolute atomic E-state index is 13.0. The lowest BCUT2D eigenvalue weighted by molar-refractivity contribution is -0.140. The van der Waals surface area contributed by atoms with Gasteiger partial charge < -0.3 is 10.1 Å². The van der Waals surface area contributed by atoms with Crippen molar-refractivity contribution in [2.75, 3.05) is 13.7 Å². The first kappa shape index (κ1) is 22.5. The first-order valence-electron chi connectivity index (χ1n) is 10.7. The maximum Gasteiger partial charge on any atom is 0.305 e. The Morgan fingerprint density at radius 3 is 2.55 bits per heavy atom. The van der Waals surface area contributed by atoms with Crippen LogP contribution in [-0.2, 0) is 9.53 Å². The molecule has 0 spiro atoms. The van der Waals surface area contributed by atoms with Gasteiger partial charge >= 0.3 is 5.97 Å². The van der Waals surface area contributed by atoms with E-state index in [4.69, 9.17) is 4.98 Å². The minimum atomic E-state index is -0.200. The van der Waals surface area contributed by atoms with E-state index in [1.54, 1.807) is 6.20 Å². The summed E-state index contributed by atoms with van der Waals surface area (Å²) in [5, 5.41) is 8.21. The lowest BCUT2D eigenvalue weighted by Crippen LogP contribution is -2.25. The zero-order chi connectivity index (χ0) is 22.4. The average molecular weight is 423 g/mol. The molecule has 0 fully saturated rings. The molecule has 31 heavy (non-hydrogen) atoms. The van der Waals surface area contributed by atoms with E-state index in [0.717, 1.165) is 35.9 Å². The monoisotopic (exact) mass is 422 g/mol. The SMILES string of the molecule is COC(=O)CCCCCNC(=O)c1cc(-c2ccc(C)cc2)nc2c1cnn2C(C)C. The van der Waals surface area contributed by atoms with Crippen molar-refractivity contribution >= 4 is 22.9 Å². The molecule has 1 amide bonds. The molecule has 0 radical (unpaired) electrons. The maximum atomic E-state index is 13.0. The van der Waals surface area contributed by atoms with Gasteiger partial charge in [0.2, 0.25) is 0 Å². The molecule has 0 aliphatic rings. The number of hydrogen-bond donors (Lipinski definition) is 1. The zero-order valence-corrected chi connectivity index (χ0v) is 18.6. The number of carbonyl (C=O) groups excluding carboxylic acids is 2. The van der Waals surface area contributed by atoms with Crippen LogP contribution in [0.4, 0.5) is 0 Å². The number of esters is 1. The van der Waals surface area contributed by atoms with E-state index in [9.17, 15) is 9.59 Å². The van der Waals surface area contributed by atoms with Crippen LogP contribution in [0.1, 0.15) is 61.5 Å². The Morgan fingerprint density at radius 2 is 1.87 bits per heavy atom. The highest BCUT2D eigenvalue weighted by atomic mass is 16.5. The number of hydrogen-bond acceptors (Lipinski definition) is 5. The van der Waals surface area contributed by atoms with Crippen LogP contribution >= 0.6 is 0 Å². The fraction of sp³-hybridized carbons (Fsp3) is 0.417. The number of amides is 1. The number of rotatable bonds is 9. The molecular weight excluding hydrogens is 392 g/mol. The van der Waals surface area contributed by atoms with Crippen molar-refractivity contribution in [3.05, 3.63) is 47.7 Å². The second kappa shape index (κ2) is 10.2. The van der Waals surface area contributed by atoms with Crippen molar-refractivity contribution in [3.8, 4) is 11.3 Å². The van der Waals surface area contributed by atoms with Crippen molar-refractivity contribution in [2.45, 2.75) is 52.5 Å². The summed E-state index contributed by atoms with van der Waals surface area (Å²) >= 11 is 0. The molecule has 0 atom stereocenters. The van der Waals surface area contributed by atoms with E-state index in [-0.39, 0.29) is 17.9 Å². The number of unbranched alkanes of at least 4 members (excludes halogenated alkanes) is 2. The van der Waals surface area contributed by atoms with Gasteiger partial charge in [-0.25, -0.2) is 9.67 Å². The minimum Gasteiger partial charge on any atom is -0.469 e. The number of ether oxygens (including phenoxy) is 1. The second-order valence-electron chi connectivity index (χ2n) is 7.98. The smallest absolute Gasteiger partial charge is 0.305 e. The predicted molar refractivity (Wildman–Crippen MR) is 121 cm³/mol. The average Bonchev–Trinajstić information content (AvgIpc) is 3.20. The summed E-state index contributed by atoms with van der Waals surface area (Å²) in [7, 11) is 1.39. The summed E-state index contributed by atoms with van der Waals surface area (Å²) in [5.74, 6) is -0.342. The summed E-state index contributed by atoms with van der Waals surface area (Å²) in [4.78, 5) is 29.0. The lowest BCUT2D eigenvalue weighted by Gasteiger charge is -2.11. The molecule has 0 saturated carbocycles. The van der Waals surface area contributed by atoms with Gasteiger partial charge in [0.15, 0.2) is 5.65 Å². The summed E-state index contributed by atoms with van der Waals surface area (Å²) < 4.78 is 6.49. The molecule has 2 aromatic heterocycles. The van der Waals surface area contributed by atoms with E-state index in [1.165, 1.54) is 12.7 Å². The number of methoxy groups -OCH3 is 1. The zero-order valence-electron chi connectivity index (χ0n) is 18.6. The van der Waals surface area contributed by atoms with Crippen LogP contribution in [0.15, 0.2) is 36.5 Å². The van der Waals surface area contributed by atoms with Crippen molar-refractivity contribution in [3.63, 3.8) is 0 Å². The highest BCUT2D eigenvalue weighted by Gasteiger charge is 2.18. The molecular formula is C24H30N4O3. The van der Waals surface area contributed by atoms with Gasteiger partial charge in [0.05, 0.1) is 30.0 Å². The molecule has 0 aliphatic heterocycles. The van der Waals surface area contributed by atoms with Gasteiger partial charge in [-0.3, -0.25) is 9.59 Å². The third kappa shape index (κ3) is 5.48. The normalized spacial score (nSPS) is 11.1. The summed E-state index contributed by atoms with van der Waals surface area (Å²) in [6.07, 6.45) is 4.52. The summed E-state index contributed by atoms with van der Waals surface area (Å²) in [5.41, 5.74) is 4.15. The van der Waals surface area contributed by atoms with Crippen LogP contribution in [0.5, 0.6) is 0 Å². The van der Waals surface area contributed by atoms with Gasteiger partial charge in [-0.2, -0.15) is 5.10 Å². The van der Waals surface area contributed by atoms with Gasteiger partial charge in [-0.05, 0) is 39.7 Å². The molecule has 7 nitrogen and oxygen atoms in total. The molecule has 0 unspecified atom stereocenters. The topological polar surface area (TPSA) is 86.1 Å². The third-order valence-corrected chi connectivity index (χ3v) is 5.22. The van der Waals surface area contributed by atoms with Gasteiger partial charge in [0, 0.05) is 24.6 Å². The van der Waals surface area contributed by atoms with E-state index >= 15 is 0 Å². The van der Waals surface area contributed by atoms with Crippen LogP contribution < -0.4 is 5.32 Å². The Hall–Kier alpha value is -3.22. The lowest BCUT2D eigenvalue weighted by atomic mass is 10.0.